The van der Waals surface area contributed by atoms with E-state index in [9.17, 15) is 8.42 Å². The Kier molecular flexibility index (Phi) is 9.55. The van der Waals surface area contributed by atoms with Gasteiger partial charge in [0, 0.05) is 23.6 Å². The largest absolute Gasteiger partial charge is 0.357 e. The summed E-state index contributed by atoms with van der Waals surface area (Å²) >= 11 is 1.64. The minimum Gasteiger partial charge on any atom is -0.357 e. The van der Waals surface area contributed by atoms with Crippen molar-refractivity contribution in [1.82, 2.24) is 15.6 Å². The third kappa shape index (κ3) is 7.86. The smallest absolute Gasteiger partial charge is 0.191 e. The lowest BCUT2D eigenvalue weighted by Gasteiger charge is -2.14. The van der Waals surface area contributed by atoms with Crippen molar-refractivity contribution in [2.24, 2.45) is 4.99 Å². The molecule has 2 N–H and O–H groups in total. The summed E-state index contributed by atoms with van der Waals surface area (Å²) in [4.78, 5) is 9.67. The van der Waals surface area contributed by atoms with Crippen molar-refractivity contribution < 1.29 is 8.42 Å². The van der Waals surface area contributed by atoms with E-state index in [0.29, 0.717) is 23.9 Å². The van der Waals surface area contributed by atoms with E-state index in [2.05, 4.69) is 41.8 Å². The quantitative estimate of drug-likeness (QED) is 0.323. The third-order valence-electron chi connectivity index (χ3n) is 4.13. The number of guanidine groups is 1. The highest BCUT2D eigenvalue weighted by Gasteiger charge is 2.17. The summed E-state index contributed by atoms with van der Waals surface area (Å²) in [5, 5.41) is 9.67. The third-order valence-corrected chi connectivity index (χ3v) is 6.24. The van der Waals surface area contributed by atoms with Crippen LogP contribution in [0.25, 0.3) is 0 Å². The summed E-state index contributed by atoms with van der Waals surface area (Å²) in [6.07, 6.45) is 1.23. The average molecular weight is 551 g/mol. The van der Waals surface area contributed by atoms with Crippen LogP contribution in [0.3, 0.4) is 0 Å². The number of benzene rings is 1. The second-order valence-corrected chi connectivity index (χ2v) is 10.7. The van der Waals surface area contributed by atoms with Crippen LogP contribution in [-0.4, -0.2) is 32.2 Å². The zero-order chi connectivity index (χ0) is 20.9. The zero-order valence-electron chi connectivity index (χ0n) is 17.9. The molecule has 0 amide bonds. The fraction of sp³-hybridized carbons (Fsp3) is 0.500. The number of sulfone groups is 1. The van der Waals surface area contributed by atoms with Crippen LogP contribution in [0.1, 0.15) is 49.5 Å². The van der Waals surface area contributed by atoms with E-state index in [1.807, 2.05) is 26.0 Å². The molecule has 2 rings (SSSR count). The van der Waals surface area contributed by atoms with Gasteiger partial charge in [0.15, 0.2) is 15.8 Å². The highest BCUT2D eigenvalue weighted by molar-refractivity contribution is 14.0. The van der Waals surface area contributed by atoms with Gasteiger partial charge in [-0.05, 0) is 31.0 Å². The molecule has 0 bridgehead atoms. The van der Waals surface area contributed by atoms with E-state index in [4.69, 9.17) is 4.98 Å². The first-order valence-electron chi connectivity index (χ1n) is 9.27. The second kappa shape index (κ2) is 10.7. The SMILES string of the molecule is CCNC(=NCc1ccc(S(C)(=O)=O)c(C)c1)NCc1nc(C(C)(C)C)cs1.I. The van der Waals surface area contributed by atoms with E-state index >= 15 is 0 Å². The van der Waals surface area contributed by atoms with Crippen molar-refractivity contribution in [1.29, 1.82) is 0 Å². The number of aryl methyl sites for hydroxylation is 1. The molecule has 6 nitrogen and oxygen atoms in total. The summed E-state index contributed by atoms with van der Waals surface area (Å²) in [7, 11) is -3.20. The van der Waals surface area contributed by atoms with Crippen LogP contribution in [0.4, 0.5) is 0 Å². The fourth-order valence-corrected chi connectivity index (χ4v) is 4.55. The Labute approximate surface area is 195 Å². The van der Waals surface area contributed by atoms with Crippen LogP contribution in [0.2, 0.25) is 0 Å². The highest BCUT2D eigenvalue weighted by atomic mass is 127. The van der Waals surface area contributed by atoms with Gasteiger partial charge in [-0.2, -0.15) is 0 Å². The average Bonchev–Trinajstić information content (AvgIpc) is 3.05. The molecule has 0 radical (unpaired) electrons. The van der Waals surface area contributed by atoms with Crippen LogP contribution < -0.4 is 10.6 Å². The topological polar surface area (TPSA) is 83.5 Å². The van der Waals surface area contributed by atoms with Crippen LogP contribution in [0.5, 0.6) is 0 Å². The molecule has 0 aliphatic rings. The van der Waals surface area contributed by atoms with E-state index < -0.39 is 9.84 Å². The van der Waals surface area contributed by atoms with E-state index in [1.54, 1.807) is 17.4 Å². The molecule has 0 unspecified atom stereocenters. The van der Waals surface area contributed by atoms with Crippen molar-refractivity contribution in [3.05, 3.63) is 45.4 Å². The Morgan fingerprint density at radius 3 is 2.45 bits per heavy atom. The first-order valence-corrected chi connectivity index (χ1v) is 12.0. The number of rotatable bonds is 6. The Morgan fingerprint density at radius 2 is 1.93 bits per heavy atom. The molecular formula is C20H31IN4O2S2. The van der Waals surface area contributed by atoms with Gasteiger partial charge >= 0.3 is 0 Å². The van der Waals surface area contributed by atoms with Gasteiger partial charge in [0.05, 0.1) is 23.7 Å². The predicted octanol–water partition coefficient (Wildman–Crippen LogP) is 4.03. The van der Waals surface area contributed by atoms with Gasteiger partial charge in [0.2, 0.25) is 0 Å². The minimum atomic E-state index is -3.20. The monoisotopic (exact) mass is 550 g/mol. The van der Waals surface area contributed by atoms with Gasteiger partial charge in [-0.15, -0.1) is 35.3 Å². The number of aromatic nitrogens is 1. The maximum Gasteiger partial charge on any atom is 0.191 e. The first-order chi connectivity index (χ1) is 13.0. The molecule has 1 aromatic carbocycles. The highest BCUT2D eigenvalue weighted by Crippen LogP contribution is 2.23. The molecule has 0 atom stereocenters. The van der Waals surface area contributed by atoms with Crippen molar-refractivity contribution in [2.75, 3.05) is 12.8 Å². The van der Waals surface area contributed by atoms with Gasteiger partial charge in [0.25, 0.3) is 0 Å². The molecular weight excluding hydrogens is 519 g/mol. The molecule has 1 aromatic heterocycles. The fourth-order valence-electron chi connectivity index (χ4n) is 2.63. The molecule has 0 saturated heterocycles. The van der Waals surface area contributed by atoms with Crippen molar-refractivity contribution in [3.8, 4) is 0 Å². The van der Waals surface area contributed by atoms with Crippen LogP contribution in [-0.2, 0) is 28.3 Å². The van der Waals surface area contributed by atoms with Crippen LogP contribution in [0.15, 0.2) is 33.5 Å². The number of halogens is 1. The Hall–Kier alpha value is -1.20. The van der Waals surface area contributed by atoms with Gasteiger partial charge in [-0.3, -0.25) is 0 Å². The summed E-state index contributed by atoms with van der Waals surface area (Å²) < 4.78 is 23.5. The molecule has 0 spiro atoms. The van der Waals surface area contributed by atoms with E-state index in [1.165, 1.54) is 6.26 Å². The van der Waals surface area contributed by atoms with Crippen molar-refractivity contribution >= 4 is 51.1 Å². The van der Waals surface area contributed by atoms with Gasteiger partial charge in [0.1, 0.15) is 5.01 Å². The summed E-state index contributed by atoms with van der Waals surface area (Å²) in [6, 6.07) is 5.34. The maximum atomic E-state index is 11.7. The molecule has 0 aliphatic carbocycles. The molecule has 2 aromatic rings. The molecule has 0 fully saturated rings. The maximum absolute atomic E-state index is 11.7. The van der Waals surface area contributed by atoms with E-state index in [-0.39, 0.29) is 29.4 Å². The molecule has 162 valence electrons. The lowest BCUT2D eigenvalue weighted by molar-refractivity contribution is 0.570. The molecule has 29 heavy (non-hydrogen) atoms. The Balaban J connectivity index is 0.00000420. The molecule has 0 aliphatic heterocycles. The summed E-state index contributed by atoms with van der Waals surface area (Å²) in [6.45, 7) is 12.1. The first kappa shape index (κ1) is 25.8. The number of thiazole rings is 1. The van der Waals surface area contributed by atoms with E-state index in [0.717, 1.165) is 28.4 Å². The van der Waals surface area contributed by atoms with Gasteiger partial charge in [-0.1, -0.05) is 32.9 Å². The number of aliphatic imine (C=N–C) groups is 1. The lowest BCUT2D eigenvalue weighted by Crippen LogP contribution is -2.36. The molecule has 1 heterocycles. The normalized spacial score (nSPS) is 12.4. The Morgan fingerprint density at radius 1 is 1.24 bits per heavy atom. The molecule has 9 heteroatoms. The van der Waals surface area contributed by atoms with Crippen LogP contribution in [0, 0.1) is 6.92 Å². The summed E-state index contributed by atoms with van der Waals surface area (Å²) in [5.41, 5.74) is 2.85. The number of hydrogen-bond donors (Lipinski definition) is 2. The van der Waals surface area contributed by atoms with Gasteiger partial charge in [-0.25, -0.2) is 18.4 Å². The second-order valence-electron chi connectivity index (χ2n) is 7.80. The number of hydrogen-bond acceptors (Lipinski definition) is 5. The van der Waals surface area contributed by atoms with Crippen molar-refractivity contribution in [2.45, 2.75) is 58.0 Å². The minimum absolute atomic E-state index is 0. The Bertz CT molecular complexity index is 948. The standard InChI is InChI=1S/C20H30N4O2S2.HI/c1-7-21-19(23-12-18-24-17(13-27-18)20(3,4)5)22-11-15-8-9-16(14(2)10-15)28(6,25)26;/h8-10,13H,7,11-12H2,1-6H3,(H2,21,22,23);1H. The number of nitrogens with zero attached hydrogens (tertiary/aromatic N) is 2. The lowest BCUT2D eigenvalue weighted by atomic mass is 9.93. The van der Waals surface area contributed by atoms with Crippen molar-refractivity contribution in [3.63, 3.8) is 0 Å². The van der Waals surface area contributed by atoms with Crippen LogP contribution >= 0.6 is 35.3 Å². The summed E-state index contributed by atoms with van der Waals surface area (Å²) in [5.74, 6) is 0.708. The van der Waals surface area contributed by atoms with Gasteiger partial charge < -0.3 is 10.6 Å². The number of nitrogens with one attached hydrogen (secondary N) is 2. The molecule has 0 saturated carbocycles. The zero-order valence-corrected chi connectivity index (χ0v) is 21.8. The predicted molar refractivity (Wildman–Crippen MR) is 132 cm³/mol.